The van der Waals surface area contributed by atoms with Gasteiger partial charge in [0.15, 0.2) is 0 Å². The predicted molar refractivity (Wildman–Crippen MR) is 65.3 cm³/mol. The molecule has 0 spiro atoms. The Hall–Kier alpha value is -0.870. The van der Waals surface area contributed by atoms with Crippen LogP contribution in [0.4, 0.5) is 0 Å². The molecular formula is C12H22N4. The maximum atomic E-state index is 4.26. The van der Waals surface area contributed by atoms with E-state index in [9.17, 15) is 0 Å². The molecule has 0 amide bonds. The summed E-state index contributed by atoms with van der Waals surface area (Å²) in [6.07, 6.45) is 5.78. The lowest BCUT2D eigenvalue weighted by Crippen LogP contribution is -2.24. The zero-order valence-electron chi connectivity index (χ0n) is 10.1. The maximum absolute atomic E-state index is 4.26. The number of rotatable bonds is 6. The highest BCUT2D eigenvalue weighted by molar-refractivity contribution is 5.07. The van der Waals surface area contributed by atoms with Crippen LogP contribution in [0.3, 0.4) is 0 Å². The second kappa shape index (κ2) is 6.01. The lowest BCUT2D eigenvalue weighted by molar-refractivity contribution is 0.331. The lowest BCUT2D eigenvalue weighted by atomic mass is 10.3. The molecule has 4 heteroatoms. The summed E-state index contributed by atoms with van der Waals surface area (Å²) in [5.74, 6) is 0. The third-order valence-corrected chi connectivity index (χ3v) is 3.25. The summed E-state index contributed by atoms with van der Waals surface area (Å²) in [6, 6.07) is 0. The molecular weight excluding hydrogens is 200 g/mol. The number of H-pyrrole nitrogens is 1. The summed E-state index contributed by atoms with van der Waals surface area (Å²) >= 11 is 0. The first-order valence-electron chi connectivity index (χ1n) is 6.28. The fraction of sp³-hybridized carbons (Fsp3) is 0.750. The van der Waals surface area contributed by atoms with Crippen molar-refractivity contribution in [2.45, 2.75) is 32.7 Å². The van der Waals surface area contributed by atoms with Gasteiger partial charge in [-0.2, -0.15) is 0 Å². The highest BCUT2D eigenvalue weighted by Gasteiger charge is 2.09. The number of aromatic nitrogens is 2. The van der Waals surface area contributed by atoms with Crippen molar-refractivity contribution in [1.29, 1.82) is 0 Å². The molecule has 90 valence electrons. The molecule has 1 aliphatic heterocycles. The molecule has 1 fully saturated rings. The molecule has 16 heavy (non-hydrogen) atoms. The molecule has 1 aromatic heterocycles. The van der Waals surface area contributed by atoms with E-state index < -0.39 is 0 Å². The van der Waals surface area contributed by atoms with E-state index in [1.807, 2.05) is 0 Å². The molecule has 1 aliphatic rings. The zero-order chi connectivity index (χ0) is 11.2. The molecule has 4 nitrogen and oxygen atoms in total. The van der Waals surface area contributed by atoms with Crippen molar-refractivity contribution in [3.05, 3.63) is 17.7 Å². The van der Waals surface area contributed by atoms with E-state index in [-0.39, 0.29) is 0 Å². The fourth-order valence-electron chi connectivity index (χ4n) is 2.21. The molecule has 0 aromatic carbocycles. The molecule has 0 unspecified atom stereocenters. The van der Waals surface area contributed by atoms with Gasteiger partial charge in [-0.05, 0) is 52.4 Å². The van der Waals surface area contributed by atoms with E-state index >= 15 is 0 Å². The molecule has 1 aromatic rings. The second-order valence-electron chi connectivity index (χ2n) is 4.55. The van der Waals surface area contributed by atoms with Crippen LogP contribution in [0.5, 0.6) is 0 Å². The fourth-order valence-corrected chi connectivity index (χ4v) is 2.21. The largest absolute Gasteiger partial charge is 0.348 e. The Balaban J connectivity index is 1.53. The Morgan fingerprint density at radius 1 is 1.44 bits per heavy atom. The summed E-state index contributed by atoms with van der Waals surface area (Å²) in [5, 5.41) is 3.44. The van der Waals surface area contributed by atoms with E-state index in [1.165, 1.54) is 44.6 Å². The number of nitrogens with zero attached hydrogens (tertiary/aromatic N) is 2. The highest BCUT2D eigenvalue weighted by atomic mass is 15.1. The molecule has 0 radical (unpaired) electrons. The number of hydrogen-bond donors (Lipinski definition) is 2. The molecule has 2 heterocycles. The SMILES string of the molecule is Cc1[nH]cnc1CNCCCN1CCCC1. The maximum Gasteiger partial charge on any atom is 0.0925 e. The standard InChI is InChI=1S/C12H22N4/c1-11-12(15-10-14-11)9-13-5-4-8-16-6-2-3-7-16/h10,13H,2-9H2,1H3,(H,14,15). The first kappa shape index (κ1) is 11.6. The lowest BCUT2D eigenvalue weighted by Gasteiger charge is -2.14. The van der Waals surface area contributed by atoms with Gasteiger partial charge in [0.2, 0.25) is 0 Å². The average Bonchev–Trinajstić information content (AvgIpc) is 2.90. The smallest absolute Gasteiger partial charge is 0.0925 e. The molecule has 2 N–H and O–H groups in total. The molecule has 1 saturated heterocycles. The van der Waals surface area contributed by atoms with Crippen molar-refractivity contribution in [1.82, 2.24) is 20.2 Å². The quantitative estimate of drug-likeness (QED) is 0.713. The second-order valence-corrected chi connectivity index (χ2v) is 4.55. The first-order valence-corrected chi connectivity index (χ1v) is 6.28. The minimum Gasteiger partial charge on any atom is -0.348 e. The van der Waals surface area contributed by atoms with Crippen LogP contribution in [0, 0.1) is 6.92 Å². The van der Waals surface area contributed by atoms with Gasteiger partial charge in [0.05, 0.1) is 12.0 Å². The minimum absolute atomic E-state index is 0.884. The number of hydrogen-bond acceptors (Lipinski definition) is 3. The Morgan fingerprint density at radius 3 is 2.94 bits per heavy atom. The third-order valence-electron chi connectivity index (χ3n) is 3.25. The Labute approximate surface area is 97.4 Å². The van der Waals surface area contributed by atoms with Crippen LogP contribution in [0.25, 0.3) is 0 Å². The van der Waals surface area contributed by atoms with Crippen molar-refractivity contribution in [3.8, 4) is 0 Å². The van der Waals surface area contributed by atoms with Crippen LogP contribution in [0.2, 0.25) is 0 Å². The van der Waals surface area contributed by atoms with Gasteiger partial charge in [0.1, 0.15) is 0 Å². The van der Waals surface area contributed by atoms with Gasteiger partial charge < -0.3 is 15.2 Å². The monoisotopic (exact) mass is 222 g/mol. The summed E-state index contributed by atoms with van der Waals surface area (Å²) in [4.78, 5) is 9.91. The normalized spacial score (nSPS) is 17.1. The Kier molecular flexibility index (Phi) is 4.36. The van der Waals surface area contributed by atoms with E-state index in [0.29, 0.717) is 0 Å². The number of aromatic amines is 1. The predicted octanol–water partition coefficient (Wildman–Crippen LogP) is 1.29. The van der Waals surface area contributed by atoms with Crippen LogP contribution in [0.15, 0.2) is 6.33 Å². The van der Waals surface area contributed by atoms with Crippen molar-refractivity contribution >= 4 is 0 Å². The van der Waals surface area contributed by atoms with Gasteiger partial charge in [0, 0.05) is 12.2 Å². The summed E-state index contributed by atoms with van der Waals surface area (Å²) in [6.45, 7) is 7.88. The van der Waals surface area contributed by atoms with Crippen LogP contribution < -0.4 is 5.32 Å². The van der Waals surface area contributed by atoms with Crippen molar-refractivity contribution in [2.75, 3.05) is 26.2 Å². The van der Waals surface area contributed by atoms with Gasteiger partial charge >= 0.3 is 0 Å². The molecule has 0 aliphatic carbocycles. The van der Waals surface area contributed by atoms with Gasteiger partial charge in [-0.3, -0.25) is 0 Å². The van der Waals surface area contributed by atoms with E-state index in [2.05, 4.69) is 27.1 Å². The van der Waals surface area contributed by atoms with E-state index in [4.69, 9.17) is 0 Å². The van der Waals surface area contributed by atoms with Crippen LogP contribution >= 0.6 is 0 Å². The van der Waals surface area contributed by atoms with Crippen LogP contribution in [-0.2, 0) is 6.54 Å². The van der Waals surface area contributed by atoms with Gasteiger partial charge in [-0.15, -0.1) is 0 Å². The minimum atomic E-state index is 0.884. The van der Waals surface area contributed by atoms with Crippen LogP contribution in [-0.4, -0.2) is 41.0 Å². The van der Waals surface area contributed by atoms with E-state index in [0.717, 1.165) is 18.8 Å². The Morgan fingerprint density at radius 2 is 2.25 bits per heavy atom. The molecule has 0 atom stereocenters. The Bertz CT molecular complexity index is 302. The molecule has 0 saturated carbocycles. The zero-order valence-corrected chi connectivity index (χ0v) is 10.1. The van der Waals surface area contributed by atoms with Gasteiger partial charge in [-0.1, -0.05) is 0 Å². The average molecular weight is 222 g/mol. The summed E-state index contributed by atoms with van der Waals surface area (Å²) in [5.41, 5.74) is 2.31. The van der Waals surface area contributed by atoms with Crippen molar-refractivity contribution in [3.63, 3.8) is 0 Å². The topological polar surface area (TPSA) is 44.0 Å². The van der Waals surface area contributed by atoms with E-state index in [1.54, 1.807) is 6.33 Å². The number of likely N-dealkylation sites (tertiary alicyclic amines) is 1. The van der Waals surface area contributed by atoms with Crippen molar-refractivity contribution in [2.24, 2.45) is 0 Å². The highest BCUT2D eigenvalue weighted by Crippen LogP contribution is 2.07. The third kappa shape index (κ3) is 3.32. The first-order chi connectivity index (χ1) is 7.86. The molecule has 0 bridgehead atoms. The number of nitrogens with one attached hydrogen (secondary N) is 2. The summed E-state index contributed by atoms with van der Waals surface area (Å²) < 4.78 is 0. The van der Waals surface area contributed by atoms with Gasteiger partial charge in [0.25, 0.3) is 0 Å². The number of aryl methyl sites for hydroxylation is 1. The number of imidazole rings is 1. The van der Waals surface area contributed by atoms with Crippen LogP contribution in [0.1, 0.15) is 30.7 Å². The van der Waals surface area contributed by atoms with Gasteiger partial charge in [-0.25, -0.2) is 4.98 Å². The summed E-state index contributed by atoms with van der Waals surface area (Å²) in [7, 11) is 0. The van der Waals surface area contributed by atoms with Crippen molar-refractivity contribution < 1.29 is 0 Å². The molecule has 2 rings (SSSR count).